The van der Waals surface area contributed by atoms with E-state index in [9.17, 15) is 9.46 Å². The van der Waals surface area contributed by atoms with E-state index in [1.54, 1.807) is 0 Å². The van der Waals surface area contributed by atoms with Crippen LogP contribution in [-0.4, -0.2) is 17.7 Å². The van der Waals surface area contributed by atoms with Crippen molar-refractivity contribution in [3.05, 3.63) is 0 Å². The molecule has 0 bridgehead atoms. The van der Waals surface area contributed by atoms with Crippen LogP contribution in [0, 0.1) is 0 Å². The monoisotopic (exact) mass is 376 g/mol. The predicted octanol–water partition coefficient (Wildman–Crippen LogP) is 7.86. The molecule has 0 aliphatic carbocycles. The van der Waals surface area contributed by atoms with Crippen molar-refractivity contribution in [2.24, 2.45) is 0 Å². The van der Waals surface area contributed by atoms with Crippen LogP contribution in [-0.2, 0) is 9.09 Å². The van der Waals surface area contributed by atoms with Crippen molar-refractivity contribution in [3.8, 4) is 0 Å². The van der Waals surface area contributed by atoms with Crippen LogP contribution in [0.4, 0.5) is 0 Å². The zero-order valence-electron chi connectivity index (χ0n) is 17.1. The maximum absolute atomic E-state index is 11.7. The first-order valence-electron chi connectivity index (χ1n) is 11.1. The highest BCUT2D eigenvalue weighted by atomic mass is 31.2. The molecule has 152 valence electrons. The van der Waals surface area contributed by atoms with Crippen molar-refractivity contribution in [2.45, 2.75) is 123 Å². The molecule has 3 nitrogen and oxygen atoms in total. The molecule has 0 spiro atoms. The molecule has 1 atom stereocenters. The molecule has 0 heterocycles. The average Bonchev–Trinajstić information content (AvgIpc) is 2.59. The highest BCUT2D eigenvalue weighted by Gasteiger charge is 2.17. The van der Waals surface area contributed by atoms with E-state index in [1.807, 2.05) is 6.92 Å². The van der Waals surface area contributed by atoms with Crippen LogP contribution in [0.15, 0.2) is 0 Å². The Morgan fingerprint density at radius 2 is 0.960 bits per heavy atom. The molecule has 0 fully saturated rings. The third kappa shape index (κ3) is 20.3. The molecule has 0 rings (SSSR count). The van der Waals surface area contributed by atoms with E-state index >= 15 is 0 Å². The van der Waals surface area contributed by atoms with E-state index < -0.39 is 7.60 Å². The zero-order valence-corrected chi connectivity index (χ0v) is 18.0. The van der Waals surface area contributed by atoms with E-state index in [4.69, 9.17) is 4.52 Å². The van der Waals surface area contributed by atoms with Gasteiger partial charge in [-0.2, -0.15) is 0 Å². The largest absolute Gasteiger partial charge is 0.328 e. The van der Waals surface area contributed by atoms with E-state index in [0.29, 0.717) is 12.8 Å². The lowest BCUT2D eigenvalue weighted by Crippen LogP contribution is -1.96. The Hall–Kier alpha value is 0.150. The Morgan fingerprint density at radius 3 is 1.32 bits per heavy atom. The summed E-state index contributed by atoms with van der Waals surface area (Å²) in [5.41, 5.74) is 0. The van der Waals surface area contributed by atoms with Crippen LogP contribution in [0.1, 0.15) is 123 Å². The van der Waals surface area contributed by atoms with Gasteiger partial charge in [-0.05, 0) is 12.8 Å². The standard InChI is InChI=1S/C21H45O3P/c1-3-5-6-7-8-9-10-11-12-13-14-15-16-17-18-19-21-25(22,23)24-20-4-2/h3-21H2,1-2H3,(H,22,23). The van der Waals surface area contributed by atoms with Crippen LogP contribution in [0.2, 0.25) is 0 Å². The maximum atomic E-state index is 11.7. The van der Waals surface area contributed by atoms with Gasteiger partial charge in [0.1, 0.15) is 0 Å². The minimum Gasteiger partial charge on any atom is -0.324 e. The fourth-order valence-electron chi connectivity index (χ4n) is 3.16. The molecule has 0 radical (unpaired) electrons. The van der Waals surface area contributed by atoms with Gasteiger partial charge in [0.2, 0.25) is 0 Å². The van der Waals surface area contributed by atoms with Gasteiger partial charge in [0.25, 0.3) is 0 Å². The van der Waals surface area contributed by atoms with Crippen molar-refractivity contribution in [1.82, 2.24) is 0 Å². The second-order valence-electron chi connectivity index (χ2n) is 7.50. The van der Waals surface area contributed by atoms with Crippen molar-refractivity contribution in [1.29, 1.82) is 0 Å². The molecule has 0 aliphatic rings. The van der Waals surface area contributed by atoms with Gasteiger partial charge >= 0.3 is 7.60 Å². The van der Waals surface area contributed by atoms with Gasteiger partial charge in [-0.15, -0.1) is 0 Å². The highest BCUT2D eigenvalue weighted by molar-refractivity contribution is 7.52. The molecule has 0 saturated heterocycles. The van der Waals surface area contributed by atoms with Gasteiger partial charge < -0.3 is 9.42 Å². The lowest BCUT2D eigenvalue weighted by Gasteiger charge is -2.11. The number of hydrogen-bond donors (Lipinski definition) is 1. The number of rotatable bonds is 20. The molecule has 4 heteroatoms. The quantitative estimate of drug-likeness (QED) is 0.174. The predicted molar refractivity (Wildman–Crippen MR) is 110 cm³/mol. The van der Waals surface area contributed by atoms with Crippen LogP contribution >= 0.6 is 7.60 Å². The number of hydrogen-bond acceptors (Lipinski definition) is 2. The molecule has 0 aromatic carbocycles. The minimum absolute atomic E-state index is 0.325. The number of unbranched alkanes of at least 4 members (excludes halogenated alkanes) is 15. The molecular formula is C21H45O3P. The molecule has 25 heavy (non-hydrogen) atoms. The Morgan fingerprint density at radius 1 is 0.600 bits per heavy atom. The van der Waals surface area contributed by atoms with Gasteiger partial charge in [0.15, 0.2) is 0 Å². The molecular weight excluding hydrogens is 331 g/mol. The molecule has 1 unspecified atom stereocenters. The van der Waals surface area contributed by atoms with E-state index in [1.165, 1.54) is 89.9 Å². The first kappa shape index (κ1) is 25.1. The van der Waals surface area contributed by atoms with Crippen LogP contribution < -0.4 is 0 Å². The van der Waals surface area contributed by atoms with Crippen molar-refractivity contribution in [3.63, 3.8) is 0 Å². The highest BCUT2D eigenvalue weighted by Crippen LogP contribution is 2.42. The van der Waals surface area contributed by atoms with Crippen LogP contribution in [0.5, 0.6) is 0 Å². The van der Waals surface area contributed by atoms with Gasteiger partial charge in [0, 0.05) is 6.16 Å². The Bertz CT molecular complexity index is 308. The fourth-order valence-corrected chi connectivity index (χ4v) is 4.38. The lowest BCUT2D eigenvalue weighted by atomic mass is 10.0. The molecule has 0 amide bonds. The minimum atomic E-state index is -3.30. The van der Waals surface area contributed by atoms with Gasteiger partial charge in [-0.3, -0.25) is 4.57 Å². The summed E-state index contributed by atoms with van der Waals surface area (Å²) in [5.74, 6) is 0. The normalized spacial score (nSPS) is 13.9. The van der Waals surface area contributed by atoms with E-state index in [-0.39, 0.29) is 0 Å². The van der Waals surface area contributed by atoms with Gasteiger partial charge in [-0.1, -0.05) is 110 Å². The SMILES string of the molecule is CCCCCCCCCCCCCCCCCCP(=O)(O)OCCC. The van der Waals surface area contributed by atoms with Gasteiger partial charge in [-0.25, -0.2) is 0 Å². The zero-order chi connectivity index (χ0) is 18.6. The Kier molecular flexibility index (Phi) is 19.0. The van der Waals surface area contributed by atoms with Crippen molar-refractivity contribution < 1.29 is 14.0 Å². The molecule has 0 aliphatic heterocycles. The Balaban J connectivity index is 3.15. The van der Waals surface area contributed by atoms with E-state index in [0.717, 1.165) is 19.3 Å². The third-order valence-electron chi connectivity index (χ3n) is 4.79. The Labute approximate surface area is 157 Å². The smallest absolute Gasteiger partial charge is 0.324 e. The summed E-state index contributed by atoms with van der Waals surface area (Å²) in [6.07, 6.45) is 22.2. The maximum Gasteiger partial charge on any atom is 0.328 e. The summed E-state index contributed by atoms with van der Waals surface area (Å²) in [7, 11) is -3.30. The summed E-state index contributed by atoms with van der Waals surface area (Å²) in [6.45, 7) is 4.62. The first-order valence-corrected chi connectivity index (χ1v) is 12.8. The summed E-state index contributed by atoms with van der Waals surface area (Å²) in [6, 6.07) is 0. The van der Waals surface area contributed by atoms with Crippen molar-refractivity contribution >= 4 is 7.60 Å². The lowest BCUT2D eigenvalue weighted by molar-refractivity contribution is 0.259. The molecule has 0 aromatic rings. The summed E-state index contributed by atoms with van der Waals surface area (Å²) >= 11 is 0. The summed E-state index contributed by atoms with van der Waals surface area (Å²) in [5, 5.41) is 0. The topological polar surface area (TPSA) is 46.5 Å². The second-order valence-corrected chi connectivity index (χ2v) is 9.48. The molecule has 0 saturated carbocycles. The van der Waals surface area contributed by atoms with Crippen LogP contribution in [0.25, 0.3) is 0 Å². The van der Waals surface area contributed by atoms with E-state index in [2.05, 4.69) is 6.92 Å². The average molecular weight is 377 g/mol. The van der Waals surface area contributed by atoms with Crippen molar-refractivity contribution in [2.75, 3.05) is 12.8 Å². The first-order chi connectivity index (χ1) is 12.1. The van der Waals surface area contributed by atoms with Crippen LogP contribution in [0.3, 0.4) is 0 Å². The third-order valence-corrected chi connectivity index (χ3v) is 6.26. The van der Waals surface area contributed by atoms with Gasteiger partial charge in [0.05, 0.1) is 6.61 Å². The molecule has 0 aromatic heterocycles. The fraction of sp³-hybridized carbons (Fsp3) is 1.00. The molecule has 1 N–H and O–H groups in total. The summed E-state index contributed by atoms with van der Waals surface area (Å²) in [4.78, 5) is 9.59. The second kappa shape index (κ2) is 18.9. The summed E-state index contributed by atoms with van der Waals surface area (Å²) < 4.78 is 16.7.